The van der Waals surface area contributed by atoms with Crippen LogP contribution in [0.3, 0.4) is 0 Å². The standard InChI is InChI=1S/C25H28F3N7O.C21H22FN7O.C2H3F.3O2S/c1-16-11-22(33(2)32-16)20-13-30-25(29-12-19-18-5-10-36-23(18)4-3-21(19)28)35-15-17(31-24(20)35)14-34(8-6-26)9-7-27;1-12-7-18(28(2)27-12)16-10-25-21(29-11-13(8-23)26-20(16)29)24-9-15-14-5-6-30-19(14)4-3-17(15)22;1-2-3;3*1-3-2/h3-4,11,13,15H,5-10,12,14H2,1-2H3,(H,29,30);3-4,7,10-11H,5-6,8-9,23H2,1-2H3,(H,24,25);2H,1H2;;;. The number of benzene rings is 2. The molecule has 10 rings (SSSR count). The van der Waals surface area contributed by atoms with Gasteiger partial charge in [-0.3, -0.25) is 23.1 Å². The summed E-state index contributed by atoms with van der Waals surface area (Å²) in [5.41, 5.74) is 16.6. The Kier molecular flexibility index (Phi) is 23.5. The van der Waals surface area contributed by atoms with Crippen molar-refractivity contribution in [1.29, 1.82) is 0 Å². The van der Waals surface area contributed by atoms with Crippen molar-refractivity contribution < 1.29 is 56.7 Å². The fraction of sp³-hybridized carbons (Fsp3) is 0.333. The third-order valence-corrected chi connectivity index (χ3v) is 11.8. The van der Waals surface area contributed by atoms with E-state index in [9.17, 15) is 22.0 Å². The van der Waals surface area contributed by atoms with Crippen LogP contribution in [0.4, 0.5) is 33.8 Å². The summed E-state index contributed by atoms with van der Waals surface area (Å²) in [5, 5.41) is 15.4. The average Bonchev–Trinajstić information content (AvgIpc) is 4.34. The highest BCUT2D eigenvalue weighted by molar-refractivity contribution is 7.52. The molecule has 416 valence electrons. The number of halogens is 5. The van der Waals surface area contributed by atoms with Gasteiger partial charge in [0.05, 0.1) is 64.8 Å². The van der Waals surface area contributed by atoms with Gasteiger partial charge in [-0.15, -0.1) is 0 Å². The number of fused-ring (bicyclic) bond motifs is 4. The number of anilines is 2. The van der Waals surface area contributed by atoms with Crippen LogP contribution in [0.2, 0.25) is 0 Å². The lowest BCUT2D eigenvalue weighted by Crippen LogP contribution is -2.27. The maximum Gasteiger partial charge on any atom is 0.335 e. The predicted octanol–water partition coefficient (Wildman–Crippen LogP) is 5.54. The van der Waals surface area contributed by atoms with Crippen LogP contribution in [0.5, 0.6) is 11.5 Å². The first-order valence-electron chi connectivity index (χ1n) is 23.3. The summed E-state index contributed by atoms with van der Waals surface area (Å²) in [5.74, 6) is 1.95. The van der Waals surface area contributed by atoms with E-state index in [0.717, 1.165) is 62.1 Å². The summed E-state index contributed by atoms with van der Waals surface area (Å²) in [6.07, 6.45) is 8.73. The van der Waals surface area contributed by atoms with Gasteiger partial charge in [0.25, 0.3) is 0 Å². The van der Waals surface area contributed by atoms with Crippen LogP contribution in [-0.2, 0) is 87.8 Å². The molecule has 6 aromatic heterocycles. The summed E-state index contributed by atoms with van der Waals surface area (Å²) in [6, 6.07) is 10.1. The Morgan fingerprint density at radius 2 is 1.10 bits per heavy atom. The number of rotatable bonds is 15. The van der Waals surface area contributed by atoms with Gasteiger partial charge >= 0.3 is 34.7 Å². The maximum absolute atomic E-state index is 14.7. The molecule has 0 radical (unpaired) electrons. The van der Waals surface area contributed by atoms with E-state index in [2.05, 4.69) is 42.4 Å². The highest BCUT2D eigenvalue weighted by atomic mass is 32.1. The average molecular weight is 1150 g/mol. The molecule has 22 nitrogen and oxygen atoms in total. The number of nitrogens with zero attached hydrogens (tertiary/aromatic N) is 11. The zero-order chi connectivity index (χ0) is 56.9. The second kappa shape index (κ2) is 30.1. The molecule has 0 saturated heterocycles. The quantitative estimate of drug-likeness (QED) is 0.106. The van der Waals surface area contributed by atoms with Crippen LogP contribution in [0, 0.1) is 25.5 Å². The number of aromatic nitrogens is 10. The number of nitrogens with one attached hydrogen (secondary N) is 2. The molecule has 4 N–H and O–H groups in total. The van der Waals surface area contributed by atoms with Crippen LogP contribution in [0.15, 0.2) is 74.1 Å². The van der Waals surface area contributed by atoms with Crippen molar-refractivity contribution in [2.75, 3.05) is 50.3 Å². The molecule has 0 unspecified atom stereocenters. The van der Waals surface area contributed by atoms with Crippen LogP contribution in [0.25, 0.3) is 33.8 Å². The minimum atomic E-state index is -0.750. The molecule has 0 atom stereocenters. The Balaban J connectivity index is 0.000000242. The zero-order valence-corrected chi connectivity index (χ0v) is 44.9. The molecule has 0 aliphatic carbocycles. The van der Waals surface area contributed by atoms with Gasteiger partial charge in [0.1, 0.15) is 36.5 Å². The van der Waals surface area contributed by atoms with Crippen molar-refractivity contribution >= 4 is 57.9 Å². The number of alkyl halides is 2. The molecule has 0 spiro atoms. The van der Waals surface area contributed by atoms with Crippen LogP contribution < -0.4 is 25.8 Å². The summed E-state index contributed by atoms with van der Waals surface area (Å²) in [6.45, 7) is 7.86. The number of nitrogens with two attached hydrogens (primary N) is 1. The molecule has 8 aromatic rings. The first kappa shape index (κ1) is 60.9. The van der Waals surface area contributed by atoms with Gasteiger partial charge in [0.2, 0.25) is 11.9 Å². The number of imidazole rings is 2. The molecule has 0 fully saturated rings. The number of aryl methyl sites for hydroxylation is 4. The predicted molar refractivity (Wildman–Crippen MR) is 279 cm³/mol. The highest BCUT2D eigenvalue weighted by Crippen LogP contribution is 2.33. The lowest BCUT2D eigenvalue weighted by Gasteiger charge is -2.17. The SMILES string of the molecule is C=CF.Cc1cc(-c2cnc(NCc3c(F)ccc4c3CCO4)n3cc(CN(CCF)CCF)nc23)n(C)n1.Cc1cc(-c2cnc(NCc3c(F)ccc4c3CCO4)n3cc(CN)nc23)n(C)n1.O=S=O.O=S=O.O=S=O. The second-order valence-corrected chi connectivity index (χ2v) is 17.0. The third-order valence-electron chi connectivity index (χ3n) is 11.8. The number of ether oxygens (including phenoxy) is 2. The highest BCUT2D eigenvalue weighted by Gasteiger charge is 2.23. The van der Waals surface area contributed by atoms with E-state index in [4.69, 9.17) is 45.4 Å². The largest absolute Gasteiger partial charge is 0.493 e. The van der Waals surface area contributed by atoms with Crippen LogP contribution in [0.1, 0.15) is 45.0 Å². The van der Waals surface area contributed by atoms with Crippen molar-refractivity contribution in [3.63, 3.8) is 0 Å². The fourth-order valence-electron chi connectivity index (χ4n) is 8.66. The van der Waals surface area contributed by atoms with Gasteiger partial charge in [-0.2, -0.15) is 35.5 Å². The molecular formula is C48H53F5N14O8S3. The monoisotopic (exact) mass is 1140 g/mol. The molecule has 0 bridgehead atoms. The van der Waals surface area contributed by atoms with E-state index in [0.29, 0.717) is 79.3 Å². The van der Waals surface area contributed by atoms with E-state index in [1.54, 1.807) is 49.4 Å². The topological polar surface area (TPSA) is 270 Å². The van der Waals surface area contributed by atoms with Crippen molar-refractivity contribution in [2.45, 2.75) is 52.9 Å². The van der Waals surface area contributed by atoms with Gasteiger partial charge in [-0.1, -0.05) is 6.58 Å². The van der Waals surface area contributed by atoms with Gasteiger partial charge in [0, 0.05) is 113 Å². The molecule has 2 aliphatic heterocycles. The van der Waals surface area contributed by atoms with Crippen molar-refractivity contribution in [2.24, 2.45) is 19.8 Å². The van der Waals surface area contributed by atoms with Gasteiger partial charge in [-0.25, -0.2) is 41.9 Å². The Hall–Kier alpha value is -7.93. The summed E-state index contributed by atoms with van der Waals surface area (Å²) < 4.78 is 133. The van der Waals surface area contributed by atoms with Gasteiger partial charge in [0.15, 0.2) is 11.3 Å². The summed E-state index contributed by atoms with van der Waals surface area (Å²) >= 11 is -2.25. The molecule has 8 heterocycles. The Morgan fingerprint density at radius 3 is 1.47 bits per heavy atom. The lowest BCUT2D eigenvalue weighted by atomic mass is 10.0. The Morgan fingerprint density at radius 1 is 0.705 bits per heavy atom. The molecule has 0 amide bonds. The fourth-order valence-corrected chi connectivity index (χ4v) is 8.66. The molecule has 2 aromatic carbocycles. The lowest BCUT2D eigenvalue weighted by molar-refractivity contribution is 0.219. The molecule has 2 aliphatic rings. The Labute approximate surface area is 453 Å². The summed E-state index contributed by atoms with van der Waals surface area (Å²) in [7, 11) is 3.73. The van der Waals surface area contributed by atoms with Crippen LogP contribution in [-0.4, -0.2) is 118 Å². The minimum Gasteiger partial charge on any atom is -0.493 e. The van der Waals surface area contributed by atoms with E-state index < -0.39 is 48.1 Å². The molecule has 78 heavy (non-hydrogen) atoms. The molecule has 30 heteroatoms. The summed E-state index contributed by atoms with van der Waals surface area (Å²) in [4.78, 5) is 20.4. The van der Waals surface area contributed by atoms with Crippen molar-refractivity contribution in [3.8, 4) is 34.0 Å². The number of hydrogen-bond donors (Lipinski definition) is 3. The molecular weight excluding hydrogens is 1090 g/mol. The number of hydrogen-bond acceptors (Lipinski definition) is 18. The van der Waals surface area contributed by atoms with E-state index in [1.807, 2.05) is 50.7 Å². The first-order chi connectivity index (χ1) is 37.7. The van der Waals surface area contributed by atoms with Gasteiger partial charge < -0.3 is 25.8 Å². The van der Waals surface area contributed by atoms with Gasteiger partial charge in [-0.05, 0) is 50.2 Å². The smallest absolute Gasteiger partial charge is 0.335 e. The first-order valence-corrected chi connectivity index (χ1v) is 25.3. The zero-order valence-electron chi connectivity index (χ0n) is 42.4. The van der Waals surface area contributed by atoms with Crippen LogP contribution >= 0.6 is 0 Å². The van der Waals surface area contributed by atoms with Crippen molar-refractivity contribution in [1.82, 2.24) is 53.2 Å². The minimum absolute atomic E-state index is 0.120. The third kappa shape index (κ3) is 15.2. The van der Waals surface area contributed by atoms with E-state index in [1.165, 1.54) is 12.1 Å². The van der Waals surface area contributed by atoms with Crippen molar-refractivity contribution in [3.05, 3.63) is 131 Å². The second-order valence-electron chi connectivity index (χ2n) is 16.6. The van der Waals surface area contributed by atoms with E-state index in [-0.39, 0.29) is 44.1 Å². The van der Waals surface area contributed by atoms with E-state index >= 15 is 0 Å². The Bertz CT molecular complexity index is 3420. The molecule has 0 saturated carbocycles. The normalized spacial score (nSPS) is 11.6. The maximum atomic E-state index is 14.7.